The van der Waals surface area contributed by atoms with Crippen LogP contribution in [-0.4, -0.2) is 44.2 Å². The van der Waals surface area contributed by atoms with Crippen molar-refractivity contribution in [3.8, 4) is 0 Å². The van der Waals surface area contributed by atoms with Crippen LogP contribution in [0, 0.1) is 6.92 Å². The summed E-state index contributed by atoms with van der Waals surface area (Å²) in [6.45, 7) is 7.40. The molecule has 2 rings (SSSR count). The topological polar surface area (TPSA) is 72.9 Å². The van der Waals surface area contributed by atoms with Crippen LogP contribution < -0.4 is 0 Å². The summed E-state index contributed by atoms with van der Waals surface area (Å²) in [7, 11) is -2.03. The van der Waals surface area contributed by atoms with Gasteiger partial charge in [0.05, 0.1) is 11.0 Å². The predicted molar refractivity (Wildman–Crippen MR) is 99.5 cm³/mol. The van der Waals surface area contributed by atoms with Crippen LogP contribution in [0.4, 0.5) is 4.79 Å². The molecule has 0 saturated heterocycles. The zero-order valence-electron chi connectivity index (χ0n) is 16.2. The normalized spacial score (nSPS) is 21.3. The number of hydrogen-bond acceptors (Lipinski definition) is 5. The van der Waals surface area contributed by atoms with Gasteiger partial charge in [0, 0.05) is 13.1 Å². The Kier molecular flexibility index (Phi) is 6.34. The number of carbonyl (C=O) groups excluding carboxylic acids is 1. The van der Waals surface area contributed by atoms with Gasteiger partial charge in [0.2, 0.25) is 0 Å². The van der Waals surface area contributed by atoms with Crippen molar-refractivity contribution in [1.29, 1.82) is 0 Å². The van der Waals surface area contributed by atoms with Gasteiger partial charge in [0.15, 0.2) is 0 Å². The number of rotatable bonds is 4. The van der Waals surface area contributed by atoms with E-state index in [0.717, 1.165) is 5.56 Å². The van der Waals surface area contributed by atoms with E-state index in [2.05, 4.69) is 0 Å². The van der Waals surface area contributed by atoms with Crippen LogP contribution in [0.1, 0.15) is 52.0 Å². The maximum Gasteiger partial charge on any atom is 0.410 e. The number of ether oxygens (including phenoxy) is 1. The van der Waals surface area contributed by atoms with Gasteiger partial charge in [-0.1, -0.05) is 17.7 Å². The minimum Gasteiger partial charge on any atom is -0.444 e. The van der Waals surface area contributed by atoms with Gasteiger partial charge >= 0.3 is 6.09 Å². The van der Waals surface area contributed by atoms with E-state index in [9.17, 15) is 13.2 Å². The Bertz CT molecular complexity index is 713. The Balaban J connectivity index is 1.90. The molecule has 6 nitrogen and oxygen atoms in total. The first-order chi connectivity index (χ1) is 12.0. The van der Waals surface area contributed by atoms with Crippen molar-refractivity contribution in [3.63, 3.8) is 0 Å². The number of benzene rings is 1. The highest BCUT2D eigenvalue weighted by atomic mass is 32.2. The van der Waals surface area contributed by atoms with Gasteiger partial charge in [0.1, 0.15) is 5.60 Å². The molecular weight excluding hydrogens is 354 g/mol. The Morgan fingerprint density at radius 3 is 2.12 bits per heavy atom. The van der Waals surface area contributed by atoms with Gasteiger partial charge in [-0.3, -0.25) is 4.18 Å². The zero-order chi connectivity index (χ0) is 19.5. The third kappa shape index (κ3) is 5.71. The average Bonchev–Trinajstić information content (AvgIpc) is 2.53. The molecule has 1 aromatic carbocycles. The fourth-order valence-corrected chi connectivity index (χ4v) is 4.08. The van der Waals surface area contributed by atoms with Crippen molar-refractivity contribution in [3.05, 3.63) is 29.8 Å². The van der Waals surface area contributed by atoms with E-state index in [1.165, 1.54) is 0 Å². The molecule has 0 radical (unpaired) electrons. The van der Waals surface area contributed by atoms with E-state index in [0.29, 0.717) is 25.7 Å². The second-order valence-corrected chi connectivity index (χ2v) is 9.46. The summed E-state index contributed by atoms with van der Waals surface area (Å²) in [6, 6.07) is 6.66. The molecule has 1 aliphatic rings. The lowest BCUT2D eigenvalue weighted by Crippen LogP contribution is -2.43. The van der Waals surface area contributed by atoms with Crippen molar-refractivity contribution >= 4 is 16.2 Å². The lowest BCUT2D eigenvalue weighted by Gasteiger charge is -2.35. The molecule has 7 heteroatoms. The van der Waals surface area contributed by atoms with Gasteiger partial charge in [-0.15, -0.1) is 0 Å². The van der Waals surface area contributed by atoms with Crippen LogP contribution in [-0.2, 0) is 19.0 Å². The average molecular weight is 384 g/mol. The molecule has 0 heterocycles. The molecule has 1 saturated carbocycles. The summed E-state index contributed by atoms with van der Waals surface area (Å²) < 4.78 is 35.6. The Hall–Kier alpha value is -1.60. The van der Waals surface area contributed by atoms with Gasteiger partial charge in [0.25, 0.3) is 10.1 Å². The van der Waals surface area contributed by atoms with Gasteiger partial charge in [-0.25, -0.2) is 4.79 Å². The van der Waals surface area contributed by atoms with Gasteiger partial charge in [-0.2, -0.15) is 8.42 Å². The summed E-state index contributed by atoms with van der Waals surface area (Å²) >= 11 is 0. The number of hydrogen-bond donors (Lipinski definition) is 0. The fraction of sp³-hybridized carbons (Fsp3) is 0.632. The molecule has 1 amide bonds. The van der Waals surface area contributed by atoms with Gasteiger partial charge in [-0.05, 0) is 65.5 Å². The zero-order valence-corrected chi connectivity index (χ0v) is 17.0. The Morgan fingerprint density at radius 1 is 1.08 bits per heavy atom. The number of amides is 1. The molecule has 0 unspecified atom stereocenters. The highest BCUT2D eigenvalue weighted by Gasteiger charge is 2.31. The summed E-state index contributed by atoms with van der Waals surface area (Å²) in [6.07, 6.45) is 1.83. The second-order valence-electron chi connectivity index (χ2n) is 7.89. The van der Waals surface area contributed by atoms with Crippen molar-refractivity contribution in [2.45, 2.75) is 76.0 Å². The summed E-state index contributed by atoms with van der Waals surface area (Å²) in [5.74, 6) is 0. The SMILES string of the molecule is Cc1ccc(S(=O)(=O)OC2CCC(N(C)C(=O)OC(C)(C)C)CC2)cc1. The first-order valence-corrected chi connectivity index (χ1v) is 10.3. The Labute approximate surface area is 156 Å². The fourth-order valence-electron chi connectivity index (χ4n) is 2.95. The molecular formula is C19H29NO5S. The molecule has 1 fully saturated rings. The number of nitrogens with zero attached hydrogens (tertiary/aromatic N) is 1. The lowest BCUT2D eigenvalue weighted by atomic mass is 9.92. The molecule has 0 atom stereocenters. The highest BCUT2D eigenvalue weighted by Crippen LogP contribution is 2.28. The lowest BCUT2D eigenvalue weighted by molar-refractivity contribution is 0.0141. The predicted octanol–water partition coefficient (Wildman–Crippen LogP) is 3.88. The van der Waals surface area contributed by atoms with E-state index >= 15 is 0 Å². The van der Waals surface area contributed by atoms with Crippen molar-refractivity contribution in [2.75, 3.05) is 7.05 Å². The molecule has 0 spiro atoms. The molecule has 0 aromatic heterocycles. The summed E-state index contributed by atoms with van der Waals surface area (Å²) in [5.41, 5.74) is 0.461. The molecule has 0 bridgehead atoms. The van der Waals surface area contributed by atoms with E-state index in [4.69, 9.17) is 8.92 Å². The standard InChI is InChI=1S/C19H29NO5S/c1-14-6-12-17(13-7-14)26(22,23)25-16-10-8-15(9-11-16)20(5)18(21)24-19(2,3)4/h6-7,12-13,15-16H,8-11H2,1-5H3. The smallest absolute Gasteiger partial charge is 0.410 e. The third-order valence-corrected chi connectivity index (χ3v) is 5.82. The van der Waals surface area contributed by atoms with Crippen LogP contribution in [0.5, 0.6) is 0 Å². The van der Waals surface area contributed by atoms with E-state index in [1.54, 1.807) is 36.2 Å². The van der Waals surface area contributed by atoms with Crippen molar-refractivity contribution in [1.82, 2.24) is 4.90 Å². The minimum atomic E-state index is -3.76. The quantitative estimate of drug-likeness (QED) is 0.738. The molecule has 0 aliphatic heterocycles. The number of carbonyl (C=O) groups is 1. The van der Waals surface area contributed by atoms with Crippen molar-refractivity contribution in [2.24, 2.45) is 0 Å². The van der Waals surface area contributed by atoms with E-state index in [1.807, 2.05) is 27.7 Å². The monoisotopic (exact) mass is 383 g/mol. The highest BCUT2D eigenvalue weighted by molar-refractivity contribution is 7.86. The largest absolute Gasteiger partial charge is 0.444 e. The van der Waals surface area contributed by atoms with Crippen molar-refractivity contribution < 1.29 is 22.1 Å². The Morgan fingerprint density at radius 2 is 1.62 bits per heavy atom. The molecule has 0 N–H and O–H groups in total. The molecule has 26 heavy (non-hydrogen) atoms. The second kappa shape index (κ2) is 7.96. The van der Waals surface area contributed by atoms with Crippen LogP contribution in [0.15, 0.2) is 29.2 Å². The van der Waals surface area contributed by atoms with Crippen LogP contribution in [0.2, 0.25) is 0 Å². The third-order valence-electron chi connectivity index (χ3n) is 4.45. The van der Waals surface area contributed by atoms with Crippen LogP contribution >= 0.6 is 0 Å². The van der Waals surface area contributed by atoms with Gasteiger partial charge < -0.3 is 9.64 Å². The summed E-state index contributed by atoms with van der Waals surface area (Å²) in [4.78, 5) is 13.9. The maximum absolute atomic E-state index is 12.4. The summed E-state index contributed by atoms with van der Waals surface area (Å²) in [5, 5.41) is 0. The molecule has 146 valence electrons. The van der Waals surface area contributed by atoms with Crippen LogP contribution in [0.25, 0.3) is 0 Å². The molecule has 1 aromatic rings. The van der Waals surface area contributed by atoms with Crippen LogP contribution in [0.3, 0.4) is 0 Å². The van der Waals surface area contributed by atoms with E-state index in [-0.39, 0.29) is 23.1 Å². The molecule has 1 aliphatic carbocycles. The first kappa shape index (κ1) is 20.7. The number of aryl methyl sites for hydroxylation is 1. The minimum absolute atomic E-state index is 0.0341. The first-order valence-electron chi connectivity index (χ1n) is 8.94. The van der Waals surface area contributed by atoms with E-state index < -0.39 is 15.7 Å². The maximum atomic E-state index is 12.4.